The van der Waals surface area contributed by atoms with E-state index in [9.17, 15) is 9.59 Å². The minimum absolute atomic E-state index is 0.166. The molecular formula is C12H10N6O2. The highest BCUT2D eigenvalue weighted by Gasteiger charge is 2.13. The molecule has 0 unspecified atom stereocenters. The van der Waals surface area contributed by atoms with Crippen LogP contribution in [0.15, 0.2) is 35.4 Å². The van der Waals surface area contributed by atoms with Gasteiger partial charge in [-0.1, -0.05) is 18.2 Å². The standard InChI is InChI=1S/C12H10N6O2/c19-11-8-4-2-1-3-7(8)10(17-18-11)12(20)13-5-9-14-6-15-16-9/h1-4,6H,5H2,(H,13,20)(H,18,19)(H,14,15,16). The van der Waals surface area contributed by atoms with Crippen LogP contribution >= 0.6 is 0 Å². The zero-order valence-corrected chi connectivity index (χ0v) is 10.3. The topological polar surface area (TPSA) is 116 Å². The Morgan fingerprint density at radius 3 is 2.75 bits per heavy atom. The number of hydrogen-bond acceptors (Lipinski definition) is 5. The molecule has 2 aromatic heterocycles. The van der Waals surface area contributed by atoms with E-state index in [1.54, 1.807) is 24.3 Å². The van der Waals surface area contributed by atoms with Crippen LogP contribution < -0.4 is 10.9 Å². The van der Waals surface area contributed by atoms with Crippen LogP contribution in [0.4, 0.5) is 0 Å². The Hall–Kier alpha value is -3.03. The number of carbonyl (C=O) groups excluding carboxylic acids is 1. The van der Waals surface area contributed by atoms with Crippen molar-refractivity contribution in [3.63, 3.8) is 0 Å². The quantitative estimate of drug-likeness (QED) is 0.618. The second kappa shape index (κ2) is 4.92. The van der Waals surface area contributed by atoms with Gasteiger partial charge in [-0.2, -0.15) is 10.2 Å². The van der Waals surface area contributed by atoms with Gasteiger partial charge in [-0.3, -0.25) is 14.7 Å². The summed E-state index contributed by atoms with van der Waals surface area (Å²) >= 11 is 0. The summed E-state index contributed by atoms with van der Waals surface area (Å²) in [5, 5.41) is 16.0. The predicted molar refractivity (Wildman–Crippen MR) is 69.9 cm³/mol. The third-order valence-electron chi connectivity index (χ3n) is 2.79. The minimum atomic E-state index is -0.395. The van der Waals surface area contributed by atoms with Crippen LogP contribution in [0, 0.1) is 0 Å². The molecule has 0 radical (unpaired) electrons. The zero-order chi connectivity index (χ0) is 13.9. The van der Waals surface area contributed by atoms with Crippen molar-refractivity contribution in [2.24, 2.45) is 0 Å². The van der Waals surface area contributed by atoms with Gasteiger partial charge in [0.15, 0.2) is 5.69 Å². The molecule has 0 spiro atoms. The molecule has 1 aromatic carbocycles. The first-order valence-corrected chi connectivity index (χ1v) is 5.85. The number of nitrogens with zero attached hydrogens (tertiary/aromatic N) is 3. The Kier molecular flexibility index (Phi) is 2.96. The summed E-state index contributed by atoms with van der Waals surface area (Å²) in [6.07, 6.45) is 1.36. The van der Waals surface area contributed by atoms with E-state index in [4.69, 9.17) is 0 Å². The molecule has 0 saturated heterocycles. The van der Waals surface area contributed by atoms with Crippen LogP contribution in [0.2, 0.25) is 0 Å². The molecule has 1 amide bonds. The molecule has 3 aromatic rings. The van der Waals surface area contributed by atoms with Gasteiger partial charge in [-0.15, -0.1) is 0 Å². The van der Waals surface area contributed by atoms with E-state index in [-0.39, 0.29) is 17.8 Å². The highest BCUT2D eigenvalue weighted by Crippen LogP contribution is 2.12. The van der Waals surface area contributed by atoms with E-state index in [0.29, 0.717) is 16.6 Å². The Morgan fingerprint density at radius 1 is 1.20 bits per heavy atom. The normalized spacial score (nSPS) is 10.6. The molecular weight excluding hydrogens is 260 g/mol. The molecule has 2 heterocycles. The molecule has 0 atom stereocenters. The van der Waals surface area contributed by atoms with E-state index >= 15 is 0 Å². The van der Waals surface area contributed by atoms with Gasteiger partial charge in [-0.25, -0.2) is 10.1 Å². The molecule has 0 aliphatic rings. The number of fused-ring (bicyclic) bond motifs is 1. The Balaban J connectivity index is 1.92. The zero-order valence-electron chi connectivity index (χ0n) is 10.3. The number of nitrogens with one attached hydrogen (secondary N) is 3. The minimum Gasteiger partial charge on any atom is -0.343 e. The van der Waals surface area contributed by atoms with Crippen LogP contribution in [-0.4, -0.2) is 31.3 Å². The SMILES string of the molecule is O=C(NCc1ncn[nH]1)c1n[nH]c(=O)c2ccccc12. The van der Waals surface area contributed by atoms with Gasteiger partial charge >= 0.3 is 0 Å². The summed E-state index contributed by atoms with van der Waals surface area (Å²) < 4.78 is 0. The summed E-state index contributed by atoms with van der Waals surface area (Å²) in [6, 6.07) is 6.80. The predicted octanol–water partition coefficient (Wildman–Crippen LogP) is -0.0288. The number of hydrogen-bond donors (Lipinski definition) is 3. The van der Waals surface area contributed by atoms with Gasteiger partial charge in [0.05, 0.1) is 11.9 Å². The van der Waals surface area contributed by atoms with Crippen LogP contribution in [0.3, 0.4) is 0 Å². The Bertz CT molecular complexity index is 808. The lowest BCUT2D eigenvalue weighted by molar-refractivity contribution is 0.0945. The molecule has 3 rings (SSSR count). The van der Waals surface area contributed by atoms with Crippen LogP contribution in [0.25, 0.3) is 10.8 Å². The van der Waals surface area contributed by atoms with Gasteiger partial charge in [0.25, 0.3) is 11.5 Å². The molecule has 100 valence electrons. The van der Waals surface area contributed by atoms with E-state index in [1.165, 1.54) is 6.33 Å². The van der Waals surface area contributed by atoms with Crippen LogP contribution in [-0.2, 0) is 6.54 Å². The average Bonchev–Trinajstić information content (AvgIpc) is 2.99. The van der Waals surface area contributed by atoms with Gasteiger partial charge in [0.2, 0.25) is 0 Å². The van der Waals surface area contributed by atoms with E-state index in [0.717, 1.165) is 0 Å². The fraction of sp³-hybridized carbons (Fsp3) is 0.0833. The Morgan fingerprint density at radius 2 is 2.00 bits per heavy atom. The maximum atomic E-state index is 12.1. The first-order chi connectivity index (χ1) is 9.75. The molecule has 0 fully saturated rings. The van der Waals surface area contributed by atoms with Crippen molar-refractivity contribution in [1.29, 1.82) is 0 Å². The molecule has 0 aliphatic heterocycles. The number of amides is 1. The smallest absolute Gasteiger partial charge is 0.272 e. The summed E-state index contributed by atoms with van der Waals surface area (Å²) in [4.78, 5) is 27.6. The van der Waals surface area contributed by atoms with Crippen molar-refractivity contribution >= 4 is 16.7 Å². The van der Waals surface area contributed by atoms with Crippen molar-refractivity contribution in [3.05, 3.63) is 52.5 Å². The summed E-state index contributed by atoms with van der Waals surface area (Å²) in [5.41, 5.74) is -0.160. The number of carbonyl (C=O) groups is 1. The van der Waals surface area contributed by atoms with Crippen molar-refractivity contribution < 1.29 is 4.79 Å². The number of H-pyrrole nitrogens is 2. The first-order valence-electron chi connectivity index (χ1n) is 5.85. The molecule has 0 aliphatic carbocycles. The molecule has 20 heavy (non-hydrogen) atoms. The highest BCUT2D eigenvalue weighted by atomic mass is 16.2. The fourth-order valence-corrected chi connectivity index (χ4v) is 1.85. The lowest BCUT2D eigenvalue weighted by atomic mass is 10.1. The average molecular weight is 270 g/mol. The third-order valence-corrected chi connectivity index (χ3v) is 2.79. The van der Waals surface area contributed by atoms with Crippen LogP contribution in [0.5, 0.6) is 0 Å². The molecule has 8 nitrogen and oxygen atoms in total. The molecule has 8 heteroatoms. The third kappa shape index (κ3) is 2.14. The molecule has 0 bridgehead atoms. The molecule has 3 N–H and O–H groups in total. The Labute approximate surface area is 112 Å². The van der Waals surface area contributed by atoms with Crippen molar-refractivity contribution in [2.75, 3.05) is 0 Å². The van der Waals surface area contributed by atoms with Crippen molar-refractivity contribution in [1.82, 2.24) is 30.7 Å². The van der Waals surface area contributed by atoms with Gasteiger partial charge in [-0.05, 0) is 6.07 Å². The maximum Gasteiger partial charge on any atom is 0.272 e. The molecule has 0 saturated carbocycles. The number of benzene rings is 1. The summed E-state index contributed by atoms with van der Waals surface area (Å²) in [5.74, 6) is 0.140. The monoisotopic (exact) mass is 270 g/mol. The lowest BCUT2D eigenvalue weighted by Crippen LogP contribution is -2.26. The first kappa shape index (κ1) is 12.0. The lowest BCUT2D eigenvalue weighted by Gasteiger charge is -2.05. The van der Waals surface area contributed by atoms with Crippen molar-refractivity contribution in [2.45, 2.75) is 6.54 Å². The van der Waals surface area contributed by atoms with Gasteiger partial charge in [0.1, 0.15) is 12.2 Å². The van der Waals surface area contributed by atoms with Crippen molar-refractivity contribution in [3.8, 4) is 0 Å². The second-order valence-corrected chi connectivity index (χ2v) is 4.06. The van der Waals surface area contributed by atoms with E-state index in [2.05, 4.69) is 30.7 Å². The number of aromatic nitrogens is 5. The largest absolute Gasteiger partial charge is 0.343 e. The summed E-state index contributed by atoms with van der Waals surface area (Å²) in [7, 11) is 0. The van der Waals surface area contributed by atoms with Gasteiger partial charge < -0.3 is 5.32 Å². The summed E-state index contributed by atoms with van der Waals surface area (Å²) in [6.45, 7) is 0.202. The number of aromatic amines is 2. The second-order valence-electron chi connectivity index (χ2n) is 4.06. The van der Waals surface area contributed by atoms with Crippen LogP contribution in [0.1, 0.15) is 16.3 Å². The number of rotatable bonds is 3. The maximum absolute atomic E-state index is 12.1. The van der Waals surface area contributed by atoms with E-state index < -0.39 is 5.91 Å². The fourth-order valence-electron chi connectivity index (χ4n) is 1.85. The van der Waals surface area contributed by atoms with Gasteiger partial charge in [0, 0.05) is 5.39 Å². The van der Waals surface area contributed by atoms with E-state index in [1.807, 2.05) is 0 Å². The highest BCUT2D eigenvalue weighted by molar-refractivity contribution is 6.04.